The van der Waals surface area contributed by atoms with Crippen LogP contribution in [0, 0.1) is 0 Å². The third-order valence-electron chi connectivity index (χ3n) is 4.17. The average Bonchev–Trinajstić information content (AvgIpc) is 3.23. The predicted octanol–water partition coefficient (Wildman–Crippen LogP) is 3.54. The number of epoxide rings is 1. The second-order valence-electron chi connectivity index (χ2n) is 5.44. The van der Waals surface area contributed by atoms with Gasteiger partial charge in [-0.3, -0.25) is 0 Å². The molecule has 1 heterocycles. The number of sulfone groups is 1. The highest BCUT2D eigenvalue weighted by atomic mass is 32.2. The van der Waals surface area contributed by atoms with Gasteiger partial charge in [-0.15, -0.1) is 0 Å². The zero-order chi connectivity index (χ0) is 14.8. The van der Waals surface area contributed by atoms with Crippen LogP contribution in [0.3, 0.4) is 0 Å². The van der Waals surface area contributed by atoms with Crippen molar-refractivity contribution in [1.29, 1.82) is 0 Å². The summed E-state index contributed by atoms with van der Waals surface area (Å²) in [5.74, 6) is 0.528. The van der Waals surface area contributed by atoms with Crippen LogP contribution in [0.25, 0.3) is 0 Å². The number of hydrogen-bond acceptors (Lipinski definition) is 3. The maximum Gasteiger partial charge on any atom is 0.178 e. The van der Waals surface area contributed by atoms with E-state index < -0.39 is 9.84 Å². The molecule has 3 nitrogen and oxygen atoms in total. The Morgan fingerprint density at radius 3 is 2.50 bits per heavy atom. The van der Waals surface area contributed by atoms with E-state index in [0.29, 0.717) is 23.0 Å². The van der Waals surface area contributed by atoms with Crippen LogP contribution >= 0.6 is 0 Å². The monoisotopic (exact) mass is 296 g/mol. The van der Waals surface area contributed by atoms with Gasteiger partial charge in [-0.05, 0) is 42.9 Å². The molecule has 4 heteroatoms. The Bertz CT molecular complexity index is 551. The Balaban J connectivity index is 2.16. The minimum Gasteiger partial charge on any atom is -0.370 e. The molecular weight excluding hydrogens is 272 g/mol. The lowest BCUT2D eigenvalue weighted by molar-refractivity contribution is 0.349. The van der Waals surface area contributed by atoms with Crippen LogP contribution in [0.5, 0.6) is 0 Å². The highest BCUT2D eigenvalue weighted by Gasteiger charge is 2.38. The third kappa shape index (κ3) is 3.41. The zero-order valence-electron chi connectivity index (χ0n) is 12.5. The lowest BCUT2D eigenvalue weighted by atomic mass is 9.91. The molecule has 1 aromatic rings. The highest BCUT2D eigenvalue weighted by molar-refractivity contribution is 7.91. The molecule has 1 aliphatic rings. The minimum atomic E-state index is -3.12. The first-order valence-electron chi connectivity index (χ1n) is 7.50. The third-order valence-corrected chi connectivity index (χ3v) is 5.90. The molecule has 2 rings (SSSR count). The van der Waals surface area contributed by atoms with Crippen molar-refractivity contribution in [3.63, 3.8) is 0 Å². The van der Waals surface area contributed by atoms with Crippen molar-refractivity contribution in [1.82, 2.24) is 0 Å². The second-order valence-corrected chi connectivity index (χ2v) is 7.72. The van der Waals surface area contributed by atoms with Crippen molar-refractivity contribution < 1.29 is 13.2 Å². The van der Waals surface area contributed by atoms with Gasteiger partial charge in [-0.2, -0.15) is 0 Å². The first kappa shape index (κ1) is 15.5. The van der Waals surface area contributed by atoms with Crippen LogP contribution in [-0.2, 0) is 14.6 Å². The van der Waals surface area contributed by atoms with Crippen molar-refractivity contribution in [2.45, 2.75) is 63.1 Å². The summed E-state index contributed by atoms with van der Waals surface area (Å²) in [6.07, 6.45) is 3.82. The molecule has 0 saturated carbocycles. The topological polar surface area (TPSA) is 46.7 Å². The minimum absolute atomic E-state index is 0.150. The van der Waals surface area contributed by atoms with Gasteiger partial charge in [0.05, 0.1) is 22.9 Å². The summed E-state index contributed by atoms with van der Waals surface area (Å²) < 4.78 is 29.6. The Labute approximate surface area is 122 Å². The van der Waals surface area contributed by atoms with Gasteiger partial charge >= 0.3 is 0 Å². The second kappa shape index (κ2) is 6.27. The van der Waals surface area contributed by atoms with Gasteiger partial charge in [0.25, 0.3) is 0 Å². The number of rotatable bonds is 7. The molecule has 3 atom stereocenters. The van der Waals surface area contributed by atoms with Crippen molar-refractivity contribution in [3.05, 3.63) is 29.8 Å². The fourth-order valence-corrected chi connectivity index (χ4v) is 3.63. The summed E-state index contributed by atoms with van der Waals surface area (Å²) in [5, 5.41) is 0. The number of ether oxygens (including phenoxy) is 1. The van der Waals surface area contributed by atoms with Crippen molar-refractivity contribution in [2.24, 2.45) is 0 Å². The average molecular weight is 296 g/mol. The standard InChI is InChI=1S/C16H24O3S/c1-4-12(11-16-15(5-2)19-16)13-8-7-9-14(10-13)20(17,18)6-3/h7-10,12,15-16H,4-6,11H2,1-3H3. The van der Waals surface area contributed by atoms with Gasteiger partial charge in [-0.1, -0.05) is 32.9 Å². The van der Waals surface area contributed by atoms with Crippen LogP contribution in [-0.4, -0.2) is 26.4 Å². The lowest BCUT2D eigenvalue weighted by Gasteiger charge is -2.15. The maximum atomic E-state index is 12.0. The summed E-state index contributed by atoms with van der Waals surface area (Å²) in [5.41, 5.74) is 1.12. The van der Waals surface area contributed by atoms with Crippen molar-refractivity contribution in [3.8, 4) is 0 Å². The molecule has 0 radical (unpaired) electrons. The summed E-state index contributed by atoms with van der Waals surface area (Å²) >= 11 is 0. The Morgan fingerprint density at radius 1 is 1.20 bits per heavy atom. The molecule has 1 aliphatic heterocycles. The first-order valence-corrected chi connectivity index (χ1v) is 9.15. The number of hydrogen-bond donors (Lipinski definition) is 0. The number of benzene rings is 1. The molecular formula is C16H24O3S. The molecule has 20 heavy (non-hydrogen) atoms. The Hall–Kier alpha value is -0.870. The quantitative estimate of drug-likeness (QED) is 0.723. The van der Waals surface area contributed by atoms with Gasteiger partial charge < -0.3 is 4.74 Å². The summed E-state index contributed by atoms with van der Waals surface area (Å²) in [4.78, 5) is 0.444. The molecule has 0 aromatic heterocycles. The van der Waals surface area contributed by atoms with Crippen LogP contribution in [0.2, 0.25) is 0 Å². The molecule has 1 aromatic carbocycles. The van der Waals surface area contributed by atoms with Gasteiger partial charge in [0, 0.05) is 0 Å². The molecule has 0 amide bonds. The van der Waals surface area contributed by atoms with Gasteiger partial charge in [0.2, 0.25) is 0 Å². The summed E-state index contributed by atoms with van der Waals surface area (Å²) in [6.45, 7) is 5.97. The smallest absolute Gasteiger partial charge is 0.178 e. The SMILES string of the molecule is CCC(CC1OC1CC)c1cccc(S(=O)(=O)CC)c1. The first-order chi connectivity index (χ1) is 9.51. The van der Waals surface area contributed by atoms with E-state index in [1.165, 1.54) is 0 Å². The van der Waals surface area contributed by atoms with E-state index in [9.17, 15) is 8.42 Å². The molecule has 0 spiro atoms. The van der Waals surface area contributed by atoms with E-state index in [-0.39, 0.29) is 5.75 Å². The normalized spacial score (nSPS) is 23.6. The summed E-state index contributed by atoms with van der Waals surface area (Å²) in [7, 11) is -3.12. The fraction of sp³-hybridized carbons (Fsp3) is 0.625. The maximum absolute atomic E-state index is 12.0. The molecule has 0 aliphatic carbocycles. The lowest BCUT2D eigenvalue weighted by Crippen LogP contribution is -2.07. The van der Waals surface area contributed by atoms with Crippen LogP contribution < -0.4 is 0 Å². The van der Waals surface area contributed by atoms with E-state index in [0.717, 1.165) is 24.8 Å². The van der Waals surface area contributed by atoms with Crippen LogP contribution in [0.15, 0.2) is 29.2 Å². The van der Waals surface area contributed by atoms with Crippen molar-refractivity contribution >= 4 is 9.84 Å². The van der Waals surface area contributed by atoms with E-state index in [4.69, 9.17) is 4.74 Å². The van der Waals surface area contributed by atoms with E-state index in [2.05, 4.69) is 13.8 Å². The van der Waals surface area contributed by atoms with Gasteiger partial charge in [0.15, 0.2) is 9.84 Å². The fourth-order valence-electron chi connectivity index (χ4n) is 2.69. The molecule has 0 bridgehead atoms. The molecule has 1 fully saturated rings. The Morgan fingerprint density at radius 2 is 1.95 bits per heavy atom. The highest BCUT2D eigenvalue weighted by Crippen LogP contribution is 2.36. The van der Waals surface area contributed by atoms with Crippen LogP contribution in [0.4, 0.5) is 0 Å². The van der Waals surface area contributed by atoms with Crippen LogP contribution in [0.1, 0.15) is 51.5 Å². The van der Waals surface area contributed by atoms with E-state index >= 15 is 0 Å². The largest absolute Gasteiger partial charge is 0.370 e. The molecule has 3 unspecified atom stereocenters. The molecule has 0 N–H and O–H groups in total. The van der Waals surface area contributed by atoms with Gasteiger partial charge in [-0.25, -0.2) is 8.42 Å². The summed E-state index contributed by atoms with van der Waals surface area (Å²) in [6, 6.07) is 7.42. The molecule has 112 valence electrons. The Kier molecular flexibility index (Phi) is 4.86. The van der Waals surface area contributed by atoms with Crippen molar-refractivity contribution in [2.75, 3.05) is 5.75 Å². The van der Waals surface area contributed by atoms with E-state index in [1.807, 2.05) is 18.2 Å². The van der Waals surface area contributed by atoms with E-state index in [1.54, 1.807) is 13.0 Å². The molecule has 1 saturated heterocycles. The van der Waals surface area contributed by atoms with Gasteiger partial charge in [0.1, 0.15) is 0 Å². The zero-order valence-corrected chi connectivity index (χ0v) is 13.3. The predicted molar refractivity (Wildman–Crippen MR) is 80.8 cm³/mol.